The number of nitrogens with zero attached hydrogens (tertiary/aromatic N) is 4. The Kier molecular flexibility index (Phi) is 4.48. The van der Waals surface area contributed by atoms with Gasteiger partial charge in [0.05, 0.1) is 23.6 Å². The highest BCUT2D eigenvalue weighted by atomic mass is 16.2. The molecule has 3 heterocycles. The molecule has 1 atom stereocenters. The Balaban J connectivity index is 1.66. The summed E-state index contributed by atoms with van der Waals surface area (Å²) in [6.07, 6.45) is 7.12. The van der Waals surface area contributed by atoms with E-state index >= 15 is 0 Å². The van der Waals surface area contributed by atoms with Gasteiger partial charge >= 0.3 is 0 Å². The number of anilines is 1. The summed E-state index contributed by atoms with van der Waals surface area (Å²) in [5.41, 5.74) is 1.98. The highest BCUT2D eigenvalue weighted by Gasteiger charge is 2.29. The van der Waals surface area contributed by atoms with Gasteiger partial charge in [0.1, 0.15) is 0 Å². The molecule has 0 saturated carbocycles. The standard InChI is InChI=1S/C16H21N5O/c1-2-21-14(7-9-19-21)12-18-15-6-4-10-20(16(15)22)13-5-3-8-17-11-13/h3,5,7-9,11,15,18H,2,4,6,10,12H2,1H3. The Morgan fingerprint density at radius 1 is 1.36 bits per heavy atom. The van der Waals surface area contributed by atoms with Crippen LogP contribution in [0.15, 0.2) is 36.8 Å². The summed E-state index contributed by atoms with van der Waals surface area (Å²) in [5, 5.41) is 7.63. The SMILES string of the molecule is CCn1nccc1CNC1CCCN(c2cccnc2)C1=O. The Bertz CT molecular complexity index is 624. The fourth-order valence-corrected chi connectivity index (χ4v) is 2.86. The first kappa shape index (κ1) is 14.7. The second kappa shape index (κ2) is 6.70. The lowest BCUT2D eigenvalue weighted by Crippen LogP contribution is -2.50. The van der Waals surface area contributed by atoms with E-state index in [1.807, 2.05) is 27.8 Å². The number of aromatic nitrogens is 3. The van der Waals surface area contributed by atoms with Crippen LogP contribution in [-0.4, -0.2) is 33.3 Å². The van der Waals surface area contributed by atoms with Crippen molar-refractivity contribution in [1.29, 1.82) is 0 Å². The average molecular weight is 299 g/mol. The molecule has 22 heavy (non-hydrogen) atoms. The fourth-order valence-electron chi connectivity index (χ4n) is 2.86. The van der Waals surface area contributed by atoms with Gasteiger partial charge < -0.3 is 10.2 Å². The average Bonchev–Trinajstić information content (AvgIpc) is 3.02. The molecule has 0 aromatic carbocycles. The van der Waals surface area contributed by atoms with E-state index in [4.69, 9.17) is 0 Å². The van der Waals surface area contributed by atoms with Crippen molar-refractivity contribution in [2.45, 2.75) is 38.9 Å². The molecule has 116 valence electrons. The highest BCUT2D eigenvalue weighted by molar-refractivity contribution is 5.97. The lowest BCUT2D eigenvalue weighted by atomic mass is 10.0. The number of rotatable bonds is 5. The molecule has 1 fully saturated rings. The van der Waals surface area contributed by atoms with Gasteiger partial charge in [0.2, 0.25) is 5.91 Å². The molecular formula is C16H21N5O. The molecule has 1 unspecified atom stereocenters. The maximum atomic E-state index is 12.7. The van der Waals surface area contributed by atoms with Gasteiger partial charge in [0, 0.05) is 32.0 Å². The first-order valence-electron chi connectivity index (χ1n) is 7.75. The predicted molar refractivity (Wildman–Crippen MR) is 84.4 cm³/mol. The summed E-state index contributed by atoms with van der Waals surface area (Å²) >= 11 is 0. The largest absolute Gasteiger partial charge is 0.310 e. The van der Waals surface area contributed by atoms with Gasteiger partial charge in [0.25, 0.3) is 0 Å². The van der Waals surface area contributed by atoms with Crippen molar-refractivity contribution in [1.82, 2.24) is 20.1 Å². The van der Waals surface area contributed by atoms with Gasteiger partial charge in [-0.15, -0.1) is 0 Å². The molecule has 2 aromatic rings. The highest BCUT2D eigenvalue weighted by Crippen LogP contribution is 2.20. The van der Waals surface area contributed by atoms with Crippen LogP contribution < -0.4 is 10.2 Å². The summed E-state index contributed by atoms with van der Waals surface area (Å²) in [6, 6.07) is 5.64. The first-order chi connectivity index (χ1) is 10.8. The van der Waals surface area contributed by atoms with E-state index in [1.165, 1.54) is 0 Å². The van der Waals surface area contributed by atoms with E-state index in [0.29, 0.717) is 6.54 Å². The molecule has 0 radical (unpaired) electrons. The zero-order chi connectivity index (χ0) is 15.4. The van der Waals surface area contributed by atoms with Crippen molar-refractivity contribution in [2.24, 2.45) is 0 Å². The van der Waals surface area contributed by atoms with Crippen molar-refractivity contribution in [3.05, 3.63) is 42.5 Å². The van der Waals surface area contributed by atoms with Crippen LogP contribution in [0.2, 0.25) is 0 Å². The Labute approximate surface area is 130 Å². The number of pyridine rings is 1. The van der Waals surface area contributed by atoms with Crippen LogP contribution in [0.1, 0.15) is 25.5 Å². The molecule has 1 aliphatic rings. The maximum Gasteiger partial charge on any atom is 0.244 e. The zero-order valence-electron chi connectivity index (χ0n) is 12.8. The number of nitrogens with one attached hydrogen (secondary N) is 1. The second-order valence-corrected chi connectivity index (χ2v) is 5.42. The molecule has 1 amide bonds. The number of amides is 1. The third kappa shape index (κ3) is 3.01. The predicted octanol–water partition coefficient (Wildman–Crippen LogP) is 1.58. The van der Waals surface area contributed by atoms with E-state index in [-0.39, 0.29) is 11.9 Å². The number of carbonyl (C=O) groups is 1. The van der Waals surface area contributed by atoms with Crippen LogP contribution in [0.4, 0.5) is 5.69 Å². The van der Waals surface area contributed by atoms with Crippen molar-refractivity contribution in [3.63, 3.8) is 0 Å². The van der Waals surface area contributed by atoms with Crippen molar-refractivity contribution < 1.29 is 4.79 Å². The van der Waals surface area contributed by atoms with Crippen molar-refractivity contribution in [2.75, 3.05) is 11.4 Å². The minimum absolute atomic E-state index is 0.127. The lowest BCUT2D eigenvalue weighted by Gasteiger charge is -2.32. The van der Waals surface area contributed by atoms with Gasteiger partial charge in [0.15, 0.2) is 0 Å². The molecule has 0 bridgehead atoms. The molecule has 2 aromatic heterocycles. The lowest BCUT2D eigenvalue weighted by molar-refractivity contribution is -0.121. The third-order valence-corrected chi connectivity index (χ3v) is 4.03. The van der Waals surface area contributed by atoms with Gasteiger partial charge in [-0.25, -0.2) is 0 Å². The molecule has 6 heteroatoms. The topological polar surface area (TPSA) is 63.1 Å². The Morgan fingerprint density at radius 2 is 2.27 bits per heavy atom. The number of hydrogen-bond acceptors (Lipinski definition) is 4. The summed E-state index contributed by atoms with van der Waals surface area (Å²) in [7, 11) is 0. The van der Waals surface area contributed by atoms with E-state index in [0.717, 1.165) is 37.3 Å². The molecular weight excluding hydrogens is 278 g/mol. The summed E-state index contributed by atoms with van der Waals surface area (Å²) in [4.78, 5) is 18.6. The minimum Gasteiger partial charge on any atom is -0.310 e. The van der Waals surface area contributed by atoms with E-state index in [1.54, 1.807) is 18.6 Å². The summed E-state index contributed by atoms with van der Waals surface area (Å²) in [5.74, 6) is 0.127. The van der Waals surface area contributed by atoms with Crippen LogP contribution >= 0.6 is 0 Å². The Hall–Kier alpha value is -2.21. The minimum atomic E-state index is -0.144. The van der Waals surface area contributed by atoms with Crippen LogP contribution in [0.25, 0.3) is 0 Å². The summed E-state index contributed by atoms with van der Waals surface area (Å²) < 4.78 is 1.94. The van der Waals surface area contributed by atoms with Crippen LogP contribution in [0.5, 0.6) is 0 Å². The van der Waals surface area contributed by atoms with Gasteiger partial charge in [-0.05, 0) is 38.0 Å². The molecule has 1 N–H and O–H groups in total. The number of aryl methyl sites for hydroxylation is 1. The van der Waals surface area contributed by atoms with Crippen molar-refractivity contribution >= 4 is 11.6 Å². The number of carbonyl (C=O) groups excluding carboxylic acids is 1. The molecule has 0 spiro atoms. The van der Waals surface area contributed by atoms with E-state index in [9.17, 15) is 4.79 Å². The first-order valence-corrected chi connectivity index (χ1v) is 7.75. The van der Waals surface area contributed by atoms with Gasteiger partial charge in [-0.1, -0.05) is 0 Å². The number of hydrogen-bond donors (Lipinski definition) is 1. The molecule has 1 saturated heterocycles. The van der Waals surface area contributed by atoms with Gasteiger partial charge in [-0.3, -0.25) is 14.5 Å². The molecule has 0 aliphatic carbocycles. The third-order valence-electron chi connectivity index (χ3n) is 4.03. The van der Waals surface area contributed by atoms with E-state index in [2.05, 4.69) is 22.3 Å². The summed E-state index contributed by atoms with van der Waals surface area (Å²) in [6.45, 7) is 4.32. The van der Waals surface area contributed by atoms with Crippen LogP contribution in [-0.2, 0) is 17.9 Å². The molecule has 6 nitrogen and oxygen atoms in total. The van der Waals surface area contributed by atoms with Crippen LogP contribution in [0, 0.1) is 0 Å². The van der Waals surface area contributed by atoms with Gasteiger partial charge in [-0.2, -0.15) is 5.10 Å². The molecule has 3 rings (SSSR count). The zero-order valence-corrected chi connectivity index (χ0v) is 12.8. The van der Waals surface area contributed by atoms with E-state index < -0.39 is 0 Å². The van der Waals surface area contributed by atoms with Crippen molar-refractivity contribution in [3.8, 4) is 0 Å². The number of piperidine rings is 1. The normalized spacial score (nSPS) is 18.7. The molecule has 1 aliphatic heterocycles. The quantitative estimate of drug-likeness (QED) is 0.910. The smallest absolute Gasteiger partial charge is 0.244 e. The maximum absolute atomic E-state index is 12.7. The Morgan fingerprint density at radius 3 is 3.05 bits per heavy atom. The second-order valence-electron chi connectivity index (χ2n) is 5.42. The van der Waals surface area contributed by atoms with Crippen LogP contribution in [0.3, 0.4) is 0 Å². The monoisotopic (exact) mass is 299 g/mol. The fraction of sp³-hybridized carbons (Fsp3) is 0.438.